The Bertz CT molecular complexity index is 317. The molecule has 68 valence electrons. The Kier molecular flexibility index (Phi) is 2.19. The van der Waals surface area contributed by atoms with Crippen molar-refractivity contribution in [2.75, 3.05) is 0 Å². The minimum Gasteiger partial charge on any atom is -0.323 e. The highest BCUT2D eigenvalue weighted by molar-refractivity contribution is 5.33. The second-order valence-corrected chi connectivity index (χ2v) is 3.66. The van der Waals surface area contributed by atoms with E-state index in [1.807, 2.05) is 6.08 Å². The van der Waals surface area contributed by atoms with Gasteiger partial charge in [-0.3, -0.25) is 0 Å². The molecule has 2 atom stereocenters. The summed E-state index contributed by atoms with van der Waals surface area (Å²) in [5, 5.41) is 0. The van der Waals surface area contributed by atoms with Crippen LogP contribution in [0.3, 0.4) is 0 Å². The summed E-state index contributed by atoms with van der Waals surface area (Å²) in [6, 6.07) is 8.61. The molecule has 0 saturated carbocycles. The van der Waals surface area contributed by atoms with Crippen LogP contribution in [0, 0.1) is 5.92 Å². The monoisotopic (exact) mass is 173 g/mol. The molecule has 13 heavy (non-hydrogen) atoms. The van der Waals surface area contributed by atoms with Crippen molar-refractivity contribution in [1.29, 1.82) is 0 Å². The van der Waals surface area contributed by atoms with Crippen LogP contribution in [0.5, 0.6) is 0 Å². The second-order valence-electron chi connectivity index (χ2n) is 3.66. The van der Waals surface area contributed by atoms with E-state index in [0.717, 1.165) is 12.8 Å². The lowest BCUT2D eigenvalue weighted by Gasteiger charge is -2.28. The maximum atomic E-state index is 6.13. The summed E-state index contributed by atoms with van der Waals surface area (Å²) in [4.78, 5) is 0. The minimum atomic E-state index is 0.155. The van der Waals surface area contributed by atoms with Gasteiger partial charge in [-0.1, -0.05) is 30.3 Å². The highest BCUT2D eigenvalue weighted by atomic mass is 14.7. The van der Waals surface area contributed by atoms with E-state index in [-0.39, 0.29) is 6.04 Å². The topological polar surface area (TPSA) is 26.0 Å². The minimum absolute atomic E-state index is 0.155. The van der Waals surface area contributed by atoms with Gasteiger partial charge in [0, 0.05) is 6.04 Å². The maximum absolute atomic E-state index is 6.13. The fourth-order valence-electron chi connectivity index (χ4n) is 2.08. The van der Waals surface area contributed by atoms with Gasteiger partial charge in [0.2, 0.25) is 0 Å². The van der Waals surface area contributed by atoms with Gasteiger partial charge in [0.25, 0.3) is 0 Å². The predicted molar refractivity (Wildman–Crippen MR) is 55.4 cm³/mol. The van der Waals surface area contributed by atoms with Crippen LogP contribution in [0.1, 0.15) is 23.6 Å². The Morgan fingerprint density at radius 1 is 1.38 bits per heavy atom. The highest BCUT2D eigenvalue weighted by Crippen LogP contribution is 2.32. The Morgan fingerprint density at radius 3 is 2.92 bits per heavy atom. The van der Waals surface area contributed by atoms with Crippen molar-refractivity contribution in [3.8, 4) is 0 Å². The van der Waals surface area contributed by atoms with Crippen molar-refractivity contribution in [2.45, 2.75) is 18.9 Å². The molecule has 0 spiro atoms. The van der Waals surface area contributed by atoms with E-state index in [1.54, 1.807) is 0 Å². The molecule has 0 amide bonds. The van der Waals surface area contributed by atoms with Crippen LogP contribution in [0.2, 0.25) is 0 Å². The van der Waals surface area contributed by atoms with E-state index in [4.69, 9.17) is 5.73 Å². The lowest BCUT2D eigenvalue weighted by atomic mass is 9.80. The van der Waals surface area contributed by atoms with Gasteiger partial charge >= 0.3 is 0 Å². The number of fused-ring (bicyclic) bond motifs is 1. The van der Waals surface area contributed by atoms with Gasteiger partial charge < -0.3 is 5.73 Å². The van der Waals surface area contributed by atoms with Crippen molar-refractivity contribution in [2.24, 2.45) is 11.7 Å². The third kappa shape index (κ3) is 1.40. The molecule has 2 rings (SSSR count). The predicted octanol–water partition coefficient (Wildman–Crippen LogP) is 2.43. The van der Waals surface area contributed by atoms with E-state index in [9.17, 15) is 0 Å². The average Bonchev–Trinajstić information content (AvgIpc) is 2.19. The highest BCUT2D eigenvalue weighted by Gasteiger charge is 2.23. The van der Waals surface area contributed by atoms with Gasteiger partial charge in [0.05, 0.1) is 0 Å². The van der Waals surface area contributed by atoms with Gasteiger partial charge in [0.15, 0.2) is 0 Å². The molecule has 0 radical (unpaired) electrons. The van der Waals surface area contributed by atoms with Crippen LogP contribution in [0.25, 0.3) is 0 Å². The van der Waals surface area contributed by atoms with Crippen molar-refractivity contribution in [1.82, 2.24) is 0 Å². The number of hydrogen-bond acceptors (Lipinski definition) is 1. The molecule has 2 N–H and O–H groups in total. The molecule has 0 unspecified atom stereocenters. The number of aryl methyl sites for hydroxylation is 1. The molecule has 0 bridgehead atoms. The fourth-order valence-corrected chi connectivity index (χ4v) is 2.08. The normalized spacial score (nSPS) is 26.5. The van der Waals surface area contributed by atoms with Gasteiger partial charge in [-0.2, -0.15) is 0 Å². The van der Waals surface area contributed by atoms with Gasteiger partial charge in [-0.25, -0.2) is 0 Å². The van der Waals surface area contributed by atoms with Crippen LogP contribution in [-0.4, -0.2) is 0 Å². The fraction of sp³-hybridized carbons (Fsp3) is 0.333. The van der Waals surface area contributed by atoms with Crippen molar-refractivity contribution in [3.05, 3.63) is 48.0 Å². The molecule has 1 heteroatoms. The molecule has 0 saturated heterocycles. The van der Waals surface area contributed by atoms with Crippen LogP contribution < -0.4 is 5.73 Å². The summed E-state index contributed by atoms with van der Waals surface area (Å²) in [6.07, 6.45) is 4.27. The summed E-state index contributed by atoms with van der Waals surface area (Å²) in [6.45, 7) is 3.83. The largest absolute Gasteiger partial charge is 0.323 e. The van der Waals surface area contributed by atoms with E-state index in [2.05, 4.69) is 30.8 Å². The van der Waals surface area contributed by atoms with Gasteiger partial charge in [-0.15, -0.1) is 6.58 Å². The average molecular weight is 173 g/mol. The Hall–Kier alpha value is -1.08. The Labute approximate surface area is 79.3 Å². The summed E-state index contributed by atoms with van der Waals surface area (Å²) in [5.74, 6) is 0.454. The molecular weight excluding hydrogens is 158 g/mol. The van der Waals surface area contributed by atoms with E-state index < -0.39 is 0 Å². The summed E-state index contributed by atoms with van der Waals surface area (Å²) in [5.41, 5.74) is 8.84. The van der Waals surface area contributed by atoms with Crippen LogP contribution in [0.15, 0.2) is 36.9 Å². The smallest absolute Gasteiger partial charge is 0.0361 e. The molecule has 1 aromatic carbocycles. The molecular formula is C12H15N. The Morgan fingerprint density at radius 2 is 2.15 bits per heavy atom. The first kappa shape index (κ1) is 8.52. The van der Waals surface area contributed by atoms with Gasteiger partial charge in [-0.05, 0) is 29.9 Å². The zero-order valence-corrected chi connectivity index (χ0v) is 7.74. The maximum Gasteiger partial charge on any atom is 0.0361 e. The summed E-state index contributed by atoms with van der Waals surface area (Å²) < 4.78 is 0. The number of nitrogens with two attached hydrogens (primary N) is 1. The first-order valence-corrected chi connectivity index (χ1v) is 4.79. The zero-order chi connectivity index (χ0) is 9.26. The number of benzene rings is 1. The van der Waals surface area contributed by atoms with E-state index in [1.165, 1.54) is 11.1 Å². The molecule has 0 aliphatic heterocycles. The number of rotatable bonds is 1. The molecule has 0 heterocycles. The quantitative estimate of drug-likeness (QED) is 0.648. The molecule has 1 aliphatic rings. The first-order chi connectivity index (χ1) is 6.33. The lowest BCUT2D eigenvalue weighted by molar-refractivity contribution is 0.456. The summed E-state index contributed by atoms with van der Waals surface area (Å²) in [7, 11) is 0. The first-order valence-electron chi connectivity index (χ1n) is 4.79. The molecule has 0 aromatic heterocycles. The van der Waals surface area contributed by atoms with E-state index in [0.29, 0.717) is 5.92 Å². The van der Waals surface area contributed by atoms with Crippen LogP contribution in [0.4, 0.5) is 0 Å². The molecule has 0 fully saturated rings. The zero-order valence-electron chi connectivity index (χ0n) is 7.74. The number of hydrogen-bond donors (Lipinski definition) is 1. The van der Waals surface area contributed by atoms with Crippen LogP contribution >= 0.6 is 0 Å². The van der Waals surface area contributed by atoms with Crippen molar-refractivity contribution < 1.29 is 0 Å². The van der Waals surface area contributed by atoms with Gasteiger partial charge in [0.1, 0.15) is 0 Å². The Balaban J connectivity index is 2.38. The SMILES string of the molecule is C=C[C@H]1CCc2ccccc2[C@H]1N. The van der Waals surface area contributed by atoms with Crippen molar-refractivity contribution in [3.63, 3.8) is 0 Å². The molecule has 1 aromatic rings. The standard InChI is InChI=1S/C12H15N/c1-2-9-7-8-10-5-3-4-6-11(10)12(9)13/h2-6,9,12H,1,7-8,13H2/t9-,12-/m0/s1. The third-order valence-electron chi connectivity index (χ3n) is 2.93. The molecule has 1 aliphatic carbocycles. The third-order valence-corrected chi connectivity index (χ3v) is 2.93. The summed E-state index contributed by atoms with van der Waals surface area (Å²) >= 11 is 0. The van der Waals surface area contributed by atoms with Crippen LogP contribution in [-0.2, 0) is 6.42 Å². The van der Waals surface area contributed by atoms with Crippen molar-refractivity contribution >= 4 is 0 Å². The lowest BCUT2D eigenvalue weighted by Crippen LogP contribution is -2.25. The molecule has 1 nitrogen and oxygen atoms in total. The van der Waals surface area contributed by atoms with E-state index >= 15 is 0 Å². The second kappa shape index (κ2) is 3.35.